The van der Waals surface area contributed by atoms with Crippen LogP contribution in [0.4, 0.5) is 10.5 Å². The van der Waals surface area contributed by atoms with E-state index in [4.69, 9.17) is 11.6 Å². The van der Waals surface area contributed by atoms with Gasteiger partial charge < -0.3 is 15.5 Å². The van der Waals surface area contributed by atoms with Crippen LogP contribution in [0.15, 0.2) is 36.4 Å². The number of amides is 3. The maximum atomic E-state index is 12.3. The molecule has 0 spiro atoms. The second-order valence-corrected chi connectivity index (χ2v) is 7.22. The Bertz CT molecular complexity index is 796. The SMILES string of the molecule is Cc1cc(C)c(NC(=O)CN(C)C(=O)NCCc2ccc(Cl)cc2)c(C)c1. The first-order chi connectivity index (χ1) is 12.8. The highest BCUT2D eigenvalue weighted by atomic mass is 35.5. The number of carbonyl (C=O) groups excluding carboxylic acids is 2. The smallest absolute Gasteiger partial charge is 0.317 e. The number of hydrogen-bond acceptors (Lipinski definition) is 2. The third kappa shape index (κ3) is 6.29. The maximum absolute atomic E-state index is 12.3. The van der Waals surface area contributed by atoms with Gasteiger partial charge in [0.2, 0.25) is 5.91 Å². The molecular formula is C21H26ClN3O2. The highest BCUT2D eigenvalue weighted by Gasteiger charge is 2.14. The molecule has 5 nitrogen and oxygen atoms in total. The van der Waals surface area contributed by atoms with Gasteiger partial charge in [-0.1, -0.05) is 41.4 Å². The predicted molar refractivity (Wildman–Crippen MR) is 110 cm³/mol. The normalized spacial score (nSPS) is 10.4. The van der Waals surface area contributed by atoms with Crippen LogP contribution in [0, 0.1) is 20.8 Å². The van der Waals surface area contributed by atoms with Gasteiger partial charge in [0, 0.05) is 24.3 Å². The summed E-state index contributed by atoms with van der Waals surface area (Å²) in [5, 5.41) is 6.41. The average molecular weight is 388 g/mol. The van der Waals surface area contributed by atoms with E-state index in [1.807, 2.05) is 57.2 Å². The minimum Gasteiger partial charge on any atom is -0.338 e. The summed E-state index contributed by atoms with van der Waals surface area (Å²) in [4.78, 5) is 25.8. The van der Waals surface area contributed by atoms with Crippen molar-refractivity contribution in [2.75, 3.05) is 25.5 Å². The second-order valence-electron chi connectivity index (χ2n) is 6.79. The van der Waals surface area contributed by atoms with E-state index in [1.54, 1.807) is 7.05 Å². The third-order valence-corrected chi connectivity index (χ3v) is 4.52. The van der Waals surface area contributed by atoms with Crippen molar-refractivity contribution in [1.29, 1.82) is 0 Å². The number of nitrogens with one attached hydrogen (secondary N) is 2. The molecule has 0 bridgehead atoms. The molecule has 0 aromatic heterocycles. The summed E-state index contributed by atoms with van der Waals surface area (Å²) < 4.78 is 0. The maximum Gasteiger partial charge on any atom is 0.317 e. The van der Waals surface area contributed by atoms with Crippen molar-refractivity contribution in [3.63, 3.8) is 0 Å². The molecule has 2 N–H and O–H groups in total. The largest absolute Gasteiger partial charge is 0.338 e. The first-order valence-corrected chi connectivity index (χ1v) is 9.25. The number of likely N-dealkylation sites (N-methyl/N-ethyl adjacent to an activating group) is 1. The molecule has 0 fully saturated rings. The van der Waals surface area contributed by atoms with Gasteiger partial charge in [0.15, 0.2) is 0 Å². The van der Waals surface area contributed by atoms with Crippen LogP contribution < -0.4 is 10.6 Å². The van der Waals surface area contributed by atoms with Crippen LogP contribution in [0.2, 0.25) is 5.02 Å². The lowest BCUT2D eigenvalue weighted by Gasteiger charge is -2.19. The molecule has 0 unspecified atom stereocenters. The lowest BCUT2D eigenvalue weighted by atomic mass is 10.1. The van der Waals surface area contributed by atoms with Crippen molar-refractivity contribution in [3.8, 4) is 0 Å². The molecule has 0 atom stereocenters. The average Bonchev–Trinajstić information content (AvgIpc) is 2.59. The monoisotopic (exact) mass is 387 g/mol. The van der Waals surface area contributed by atoms with E-state index in [1.165, 1.54) is 4.90 Å². The summed E-state index contributed by atoms with van der Waals surface area (Å²) in [6.07, 6.45) is 0.699. The van der Waals surface area contributed by atoms with Crippen LogP contribution in [0.25, 0.3) is 0 Å². The van der Waals surface area contributed by atoms with Crippen LogP contribution in [0.5, 0.6) is 0 Å². The Hall–Kier alpha value is -2.53. The van der Waals surface area contributed by atoms with Gasteiger partial charge in [-0.2, -0.15) is 0 Å². The number of anilines is 1. The number of rotatable bonds is 6. The zero-order chi connectivity index (χ0) is 20.0. The first kappa shape index (κ1) is 20.8. The van der Waals surface area contributed by atoms with Crippen molar-refractivity contribution < 1.29 is 9.59 Å². The van der Waals surface area contributed by atoms with Gasteiger partial charge in [0.25, 0.3) is 0 Å². The fourth-order valence-corrected chi connectivity index (χ4v) is 3.07. The van der Waals surface area contributed by atoms with E-state index in [0.29, 0.717) is 18.0 Å². The van der Waals surface area contributed by atoms with Crippen LogP contribution in [-0.4, -0.2) is 37.0 Å². The summed E-state index contributed by atoms with van der Waals surface area (Å²) in [6, 6.07) is 11.3. The Kier molecular flexibility index (Phi) is 7.25. The molecule has 0 aliphatic rings. The zero-order valence-electron chi connectivity index (χ0n) is 16.2. The predicted octanol–water partition coefficient (Wildman–Crippen LogP) is 4.09. The van der Waals surface area contributed by atoms with Gasteiger partial charge in [-0.15, -0.1) is 0 Å². The second kappa shape index (κ2) is 9.42. The van der Waals surface area contributed by atoms with E-state index in [-0.39, 0.29) is 18.5 Å². The minimum absolute atomic E-state index is 0.0144. The topological polar surface area (TPSA) is 61.4 Å². The fraction of sp³-hybridized carbons (Fsp3) is 0.333. The Morgan fingerprint density at radius 1 is 1.04 bits per heavy atom. The molecule has 2 aromatic rings. The lowest BCUT2D eigenvalue weighted by Crippen LogP contribution is -2.42. The molecule has 0 radical (unpaired) electrons. The zero-order valence-corrected chi connectivity index (χ0v) is 17.0. The first-order valence-electron chi connectivity index (χ1n) is 8.87. The van der Waals surface area contributed by atoms with E-state index in [9.17, 15) is 9.59 Å². The number of nitrogens with zero attached hydrogens (tertiary/aromatic N) is 1. The van der Waals surface area contributed by atoms with Gasteiger partial charge in [-0.25, -0.2) is 4.79 Å². The van der Waals surface area contributed by atoms with Crippen molar-refractivity contribution in [1.82, 2.24) is 10.2 Å². The number of hydrogen-bond donors (Lipinski definition) is 2. The van der Waals surface area contributed by atoms with E-state index in [0.717, 1.165) is 27.9 Å². The molecule has 2 rings (SSSR count). The molecule has 0 aliphatic heterocycles. The van der Waals surface area contributed by atoms with Crippen molar-refractivity contribution in [2.24, 2.45) is 0 Å². The summed E-state index contributed by atoms with van der Waals surface area (Å²) in [5.74, 6) is -0.222. The number of carbonyl (C=O) groups is 2. The highest BCUT2D eigenvalue weighted by Crippen LogP contribution is 2.21. The quantitative estimate of drug-likeness (QED) is 0.784. The summed E-state index contributed by atoms with van der Waals surface area (Å²) in [6.45, 7) is 6.42. The minimum atomic E-state index is -0.281. The van der Waals surface area contributed by atoms with Crippen molar-refractivity contribution in [3.05, 3.63) is 63.7 Å². The van der Waals surface area contributed by atoms with Crippen molar-refractivity contribution in [2.45, 2.75) is 27.2 Å². The molecule has 27 heavy (non-hydrogen) atoms. The fourth-order valence-electron chi connectivity index (χ4n) is 2.94. The van der Waals surface area contributed by atoms with Gasteiger partial charge in [-0.3, -0.25) is 4.79 Å². The van der Waals surface area contributed by atoms with Gasteiger partial charge >= 0.3 is 6.03 Å². The molecule has 144 valence electrons. The Morgan fingerprint density at radius 2 is 1.63 bits per heavy atom. The van der Waals surface area contributed by atoms with Gasteiger partial charge in [0.1, 0.15) is 6.54 Å². The van der Waals surface area contributed by atoms with Gasteiger partial charge in [0.05, 0.1) is 0 Å². The molecule has 2 aromatic carbocycles. The third-order valence-electron chi connectivity index (χ3n) is 4.27. The summed E-state index contributed by atoms with van der Waals surface area (Å²) in [7, 11) is 1.60. The lowest BCUT2D eigenvalue weighted by molar-refractivity contribution is -0.116. The molecule has 0 aliphatic carbocycles. The van der Waals surface area contributed by atoms with E-state index >= 15 is 0 Å². The molecule has 0 heterocycles. The summed E-state index contributed by atoms with van der Waals surface area (Å²) in [5.41, 5.74) is 5.07. The van der Waals surface area contributed by atoms with Crippen molar-refractivity contribution >= 4 is 29.2 Å². The van der Waals surface area contributed by atoms with E-state index < -0.39 is 0 Å². The number of aryl methyl sites for hydroxylation is 3. The van der Waals surface area contributed by atoms with Crippen LogP contribution in [0.1, 0.15) is 22.3 Å². The number of urea groups is 1. The molecule has 3 amide bonds. The number of benzene rings is 2. The summed E-state index contributed by atoms with van der Waals surface area (Å²) >= 11 is 5.86. The van der Waals surface area contributed by atoms with Crippen LogP contribution in [-0.2, 0) is 11.2 Å². The van der Waals surface area contributed by atoms with Gasteiger partial charge in [-0.05, 0) is 56.0 Å². The Morgan fingerprint density at radius 3 is 2.22 bits per heavy atom. The molecule has 0 saturated heterocycles. The standard InChI is InChI=1S/C21H26ClN3O2/c1-14-11-15(2)20(16(3)12-14)24-19(26)13-25(4)21(27)23-10-9-17-5-7-18(22)8-6-17/h5-8,11-12H,9-10,13H2,1-4H3,(H,23,27)(H,24,26). The highest BCUT2D eigenvalue weighted by molar-refractivity contribution is 6.30. The van der Waals surface area contributed by atoms with Crippen LogP contribution >= 0.6 is 11.6 Å². The Labute approximate surface area is 165 Å². The van der Waals surface area contributed by atoms with Crippen LogP contribution in [0.3, 0.4) is 0 Å². The molecule has 0 saturated carbocycles. The number of halogens is 1. The molecular weight excluding hydrogens is 362 g/mol. The molecule has 6 heteroatoms. The van der Waals surface area contributed by atoms with E-state index in [2.05, 4.69) is 10.6 Å². The Balaban J connectivity index is 1.81.